The summed E-state index contributed by atoms with van der Waals surface area (Å²) in [5.41, 5.74) is 0.115. The number of aliphatic hydroxyl groups is 1. The van der Waals surface area contributed by atoms with Crippen LogP contribution in [-0.2, 0) is 11.3 Å². The van der Waals surface area contributed by atoms with Gasteiger partial charge >= 0.3 is 0 Å². The predicted molar refractivity (Wildman–Crippen MR) is 79.4 cm³/mol. The topological polar surface area (TPSA) is 76.4 Å². The second kappa shape index (κ2) is 9.74. The molecule has 2 N–H and O–H groups in total. The summed E-state index contributed by atoms with van der Waals surface area (Å²) in [4.78, 5) is 11.8. The highest BCUT2D eigenvalue weighted by molar-refractivity contribution is 6.32. The fourth-order valence-corrected chi connectivity index (χ4v) is 1.80. The molecule has 20 heavy (non-hydrogen) atoms. The van der Waals surface area contributed by atoms with E-state index in [1.54, 1.807) is 0 Å². The van der Waals surface area contributed by atoms with Gasteiger partial charge in [-0.1, -0.05) is 24.9 Å². The Morgan fingerprint density at radius 1 is 1.45 bits per heavy atom. The van der Waals surface area contributed by atoms with Crippen LogP contribution in [0.15, 0.2) is 11.0 Å². The maximum absolute atomic E-state index is 11.8. The summed E-state index contributed by atoms with van der Waals surface area (Å²) < 4.78 is 6.58. The summed E-state index contributed by atoms with van der Waals surface area (Å²) in [6.45, 7) is 4.25. The SMILES string of the molecule is CCCCOCCCNc1cnn(CCO)c(=O)c1Cl. The second-order valence-electron chi connectivity index (χ2n) is 4.37. The Morgan fingerprint density at radius 2 is 2.20 bits per heavy atom. The van der Waals surface area contributed by atoms with Crippen LogP contribution < -0.4 is 10.9 Å². The average molecular weight is 304 g/mol. The minimum atomic E-state index is -0.398. The van der Waals surface area contributed by atoms with E-state index < -0.39 is 5.56 Å². The Morgan fingerprint density at radius 3 is 2.90 bits per heavy atom. The van der Waals surface area contributed by atoms with Gasteiger partial charge in [-0.15, -0.1) is 0 Å². The summed E-state index contributed by atoms with van der Waals surface area (Å²) >= 11 is 5.97. The van der Waals surface area contributed by atoms with E-state index in [-0.39, 0.29) is 18.2 Å². The standard InChI is InChI=1S/C13H22ClN3O3/c1-2-3-8-20-9-4-5-15-11-10-16-17(6-7-18)13(19)12(11)14/h10,15,18H,2-9H2,1H3. The smallest absolute Gasteiger partial charge is 0.287 e. The van der Waals surface area contributed by atoms with Crippen molar-refractivity contribution in [1.82, 2.24) is 9.78 Å². The van der Waals surface area contributed by atoms with Gasteiger partial charge in [0.15, 0.2) is 0 Å². The molecule has 0 bridgehead atoms. The van der Waals surface area contributed by atoms with Gasteiger partial charge < -0.3 is 15.2 Å². The van der Waals surface area contributed by atoms with E-state index in [1.807, 2.05) is 0 Å². The molecule has 0 saturated carbocycles. The van der Waals surface area contributed by atoms with Crippen molar-refractivity contribution in [2.24, 2.45) is 0 Å². The molecular weight excluding hydrogens is 282 g/mol. The molecule has 1 aromatic rings. The van der Waals surface area contributed by atoms with E-state index in [9.17, 15) is 4.79 Å². The summed E-state index contributed by atoms with van der Waals surface area (Å²) in [7, 11) is 0. The third-order valence-corrected chi connectivity index (χ3v) is 3.09. The fraction of sp³-hybridized carbons (Fsp3) is 0.692. The van der Waals surface area contributed by atoms with Gasteiger partial charge in [0.2, 0.25) is 0 Å². The monoisotopic (exact) mass is 303 g/mol. The predicted octanol–water partition coefficient (Wildman–Crippen LogP) is 1.51. The second-order valence-corrected chi connectivity index (χ2v) is 4.75. The highest BCUT2D eigenvalue weighted by Crippen LogP contribution is 2.14. The lowest BCUT2D eigenvalue weighted by Crippen LogP contribution is -2.25. The highest BCUT2D eigenvalue weighted by atomic mass is 35.5. The van der Waals surface area contributed by atoms with Crippen molar-refractivity contribution >= 4 is 17.3 Å². The van der Waals surface area contributed by atoms with Gasteiger partial charge in [-0.05, 0) is 12.8 Å². The van der Waals surface area contributed by atoms with Crippen LogP contribution in [0.5, 0.6) is 0 Å². The Bertz CT molecular complexity index is 451. The van der Waals surface area contributed by atoms with Crippen molar-refractivity contribution < 1.29 is 9.84 Å². The van der Waals surface area contributed by atoms with Gasteiger partial charge in [0.1, 0.15) is 5.02 Å². The molecule has 0 aromatic carbocycles. The largest absolute Gasteiger partial charge is 0.394 e. The van der Waals surface area contributed by atoms with E-state index in [4.69, 9.17) is 21.4 Å². The van der Waals surface area contributed by atoms with Crippen LogP contribution in [-0.4, -0.2) is 41.3 Å². The molecule has 0 saturated heterocycles. The zero-order valence-electron chi connectivity index (χ0n) is 11.8. The summed E-state index contributed by atoms with van der Waals surface area (Å²) in [6.07, 6.45) is 4.53. The van der Waals surface area contributed by atoms with Crippen molar-refractivity contribution in [3.63, 3.8) is 0 Å². The lowest BCUT2D eigenvalue weighted by atomic mass is 10.3. The van der Waals surface area contributed by atoms with Crippen LogP contribution in [0, 0.1) is 0 Å². The van der Waals surface area contributed by atoms with E-state index in [1.165, 1.54) is 6.20 Å². The molecule has 0 aliphatic heterocycles. The molecule has 1 heterocycles. The lowest BCUT2D eigenvalue weighted by molar-refractivity contribution is 0.131. The fourth-order valence-electron chi connectivity index (χ4n) is 1.59. The molecule has 1 rings (SSSR count). The Labute approximate surface area is 123 Å². The molecule has 0 spiro atoms. The van der Waals surface area contributed by atoms with Crippen molar-refractivity contribution in [2.45, 2.75) is 32.7 Å². The maximum atomic E-state index is 11.8. The summed E-state index contributed by atoms with van der Waals surface area (Å²) in [6, 6.07) is 0. The number of hydrogen-bond donors (Lipinski definition) is 2. The Hall–Kier alpha value is -1.11. The number of rotatable bonds is 10. The van der Waals surface area contributed by atoms with Crippen molar-refractivity contribution in [2.75, 3.05) is 31.7 Å². The number of halogens is 1. The van der Waals surface area contributed by atoms with Crippen molar-refractivity contribution in [1.29, 1.82) is 0 Å². The quantitative estimate of drug-likeness (QED) is 0.641. The van der Waals surface area contributed by atoms with Crippen molar-refractivity contribution in [3.05, 3.63) is 21.6 Å². The first kappa shape index (κ1) is 16.9. The van der Waals surface area contributed by atoms with E-state index in [0.29, 0.717) is 18.8 Å². The lowest BCUT2D eigenvalue weighted by Gasteiger charge is -2.09. The number of nitrogens with zero attached hydrogens (tertiary/aromatic N) is 2. The molecule has 114 valence electrons. The first-order chi connectivity index (χ1) is 9.70. The summed E-state index contributed by atoms with van der Waals surface area (Å²) in [5, 5.41) is 15.9. The molecule has 0 aliphatic rings. The van der Waals surface area contributed by atoms with Crippen LogP contribution in [0.1, 0.15) is 26.2 Å². The van der Waals surface area contributed by atoms with Gasteiger partial charge in [0.25, 0.3) is 5.56 Å². The first-order valence-corrected chi connectivity index (χ1v) is 7.26. The number of anilines is 1. The number of unbranched alkanes of at least 4 members (excludes halogenated alkanes) is 1. The summed E-state index contributed by atoms with van der Waals surface area (Å²) in [5.74, 6) is 0. The number of aliphatic hydroxyl groups excluding tert-OH is 1. The zero-order valence-corrected chi connectivity index (χ0v) is 12.5. The average Bonchev–Trinajstić information content (AvgIpc) is 2.45. The van der Waals surface area contributed by atoms with Gasteiger partial charge in [-0.3, -0.25) is 4.79 Å². The van der Waals surface area contributed by atoms with Gasteiger partial charge in [0, 0.05) is 19.8 Å². The molecule has 1 aromatic heterocycles. The molecule has 7 heteroatoms. The maximum Gasteiger partial charge on any atom is 0.287 e. The Balaban J connectivity index is 2.37. The van der Waals surface area contributed by atoms with Gasteiger partial charge in [-0.2, -0.15) is 5.10 Å². The molecule has 6 nitrogen and oxygen atoms in total. The van der Waals surface area contributed by atoms with Crippen LogP contribution >= 0.6 is 11.6 Å². The molecule has 0 unspecified atom stereocenters. The number of nitrogens with one attached hydrogen (secondary N) is 1. The van der Waals surface area contributed by atoms with Crippen LogP contribution in [0.4, 0.5) is 5.69 Å². The van der Waals surface area contributed by atoms with Gasteiger partial charge in [0.05, 0.1) is 25.0 Å². The van der Waals surface area contributed by atoms with E-state index in [0.717, 1.165) is 30.6 Å². The molecule has 0 fully saturated rings. The van der Waals surface area contributed by atoms with Crippen molar-refractivity contribution in [3.8, 4) is 0 Å². The number of hydrogen-bond acceptors (Lipinski definition) is 5. The van der Waals surface area contributed by atoms with Crippen LogP contribution in [0.25, 0.3) is 0 Å². The molecule has 0 radical (unpaired) electrons. The third-order valence-electron chi connectivity index (χ3n) is 2.72. The van der Waals surface area contributed by atoms with Gasteiger partial charge in [-0.25, -0.2) is 4.68 Å². The molecule has 0 atom stereocenters. The molecule has 0 amide bonds. The van der Waals surface area contributed by atoms with E-state index in [2.05, 4.69) is 17.3 Å². The van der Waals surface area contributed by atoms with E-state index >= 15 is 0 Å². The van der Waals surface area contributed by atoms with Crippen LogP contribution in [0.3, 0.4) is 0 Å². The molecular formula is C13H22ClN3O3. The minimum absolute atomic E-state index is 0.0975. The zero-order chi connectivity index (χ0) is 14.8. The van der Waals surface area contributed by atoms with Crippen LogP contribution in [0.2, 0.25) is 5.02 Å². The number of aromatic nitrogens is 2. The highest BCUT2D eigenvalue weighted by Gasteiger charge is 2.08. The first-order valence-electron chi connectivity index (χ1n) is 6.88. The number of ether oxygens (including phenoxy) is 1. The molecule has 0 aliphatic carbocycles. The minimum Gasteiger partial charge on any atom is -0.394 e. The normalized spacial score (nSPS) is 10.8. The third kappa shape index (κ3) is 5.48. The Kier molecular flexibility index (Phi) is 8.25.